The molecule has 0 unspecified atom stereocenters. The van der Waals surface area contributed by atoms with Crippen LogP contribution >= 0.6 is 0 Å². The molecule has 1 aliphatic rings. The Kier molecular flexibility index (Phi) is 2.57. The maximum atomic E-state index is 3.58. The van der Waals surface area contributed by atoms with Crippen molar-refractivity contribution in [2.24, 2.45) is 7.05 Å². The zero-order valence-corrected chi connectivity index (χ0v) is 8.29. The minimum atomic E-state index is 0.719. The van der Waals surface area contributed by atoms with Crippen LogP contribution in [-0.2, 0) is 7.05 Å². The predicted molar refractivity (Wildman–Crippen MR) is 55.9 cm³/mol. The lowest BCUT2D eigenvalue weighted by atomic mass is 9.95. The second kappa shape index (κ2) is 3.86. The number of hydrogen-bond donors (Lipinski definition) is 1. The zero-order valence-electron chi connectivity index (χ0n) is 8.29. The first-order valence-electron chi connectivity index (χ1n) is 5.23. The van der Waals surface area contributed by atoms with E-state index in [0.29, 0.717) is 0 Å². The summed E-state index contributed by atoms with van der Waals surface area (Å²) in [5, 5.41) is 3.58. The molecule has 0 aliphatic heterocycles. The minimum Gasteiger partial charge on any atom is -0.381 e. The molecule has 1 aromatic rings. The first kappa shape index (κ1) is 8.67. The van der Waals surface area contributed by atoms with Gasteiger partial charge in [0.15, 0.2) is 0 Å². The van der Waals surface area contributed by atoms with Gasteiger partial charge in [-0.1, -0.05) is 19.3 Å². The molecule has 13 heavy (non-hydrogen) atoms. The highest BCUT2D eigenvalue weighted by atomic mass is 15.0. The molecule has 1 heterocycles. The van der Waals surface area contributed by atoms with Crippen molar-refractivity contribution >= 4 is 5.69 Å². The molecular formula is C11H18N2. The first-order valence-corrected chi connectivity index (χ1v) is 5.23. The number of rotatable bonds is 2. The summed E-state index contributed by atoms with van der Waals surface area (Å²) >= 11 is 0. The van der Waals surface area contributed by atoms with E-state index in [2.05, 4.69) is 35.4 Å². The summed E-state index contributed by atoms with van der Waals surface area (Å²) in [6.45, 7) is 0. The fraction of sp³-hybridized carbons (Fsp3) is 0.636. The molecule has 0 saturated heterocycles. The third-order valence-corrected chi connectivity index (χ3v) is 2.81. The van der Waals surface area contributed by atoms with Gasteiger partial charge in [0.25, 0.3) is 0 Å². The number of nitrogens with zero attached hydrogens (tertiary/aromatic N) is 1. The van der Waals surface area contributed by atoms with Gasteiger partial charge in [-0.2, -0.15) is 0 Å². The molecule has 1 aromatic heterocycles. The number of aromatic nitrogens is 1. The normalized spacial score (nSPS) is 18.8. The van der Waals surface area contributed by atoms with Crippen LogP contribution in [0.4, 0.5) is 5.69 Å². The molecule has 2 nitrogen and oxygen atoms in total. The lowest BCUT2D eigenvalue weighted by Crippen LogP contribution is -2.21. The van der Waals surface area contributed by atoms with Gasteiger partial charge in [0.05, 0.1) is 5.69 Å². The van der Waals surface area contributed by atoms with Crippen LogP contribution in [0.3, 0.4) is 0 Å². The van der Waals surface area contributed by atoms with Crippen LogP contribution in [0.1, 0.15) is 32.1 Å². The molecule has 0 aromatic carbocycles. The molecule has 1 fully saturated rings. The monoisotopic (exact) mass is 178 g/mol. The molecule has 0 bridgehead atoms. The molecule has 0 spiro atoms. The van der Waals surface area contributed by atoms with Crippen molar-refractivity contribution in [3.05, 3.63) is 18.5 Å². The zero-order chi connectivity index (χ0) is 9.10. The number of aryl methyl sites for hydroxylation is 1. The lowest BCUT2D eigenvalue weighted by Gasteiger charge is -2.23. The topological polar surface area (TPSA) is 17.0 Å². The maximum absolute atomic E-state index is 3.58. The van der Waals surface area contributed by atoms with Crippen LogP contribution < -0.4 is 5.32 Å². The fourth-order valence-corrected chi connectivity index (χ4v) is 2.07. The van der Waals surface area contributed by atoms with Gasteiger partial charge in [-0.15, -0.1) is 0 Å². The SMILES string of the molecule is Cn1ccc(NC2CCCCC2)c1. The van der Waals surface area contributed by atoms with Gasteiger partial charge in [-0.05, 0) is 18.9 Å². The van der Waals surface area contributed by atoms with Gasteiger partial charge < -0.3 is 9.88 Å². The third-order valence-electron chi connectivity index (χ3n) is 2.81. The number of anilines is 1. The summed E-state index contributed by atoms with van der Waals surface area (Å²) in [4.78, 5) is 0. The Morgan fingerprint density at radius 2 is 2.08 bits per heavy atom. The Bertz CT molecular complexity index is 259. The highest BCUT2D eigenvalue weighted by Gasteiger charge is 2.12. The van der Waals surface area contributed by atoms with Crippen molar-refractivity contribution in [1.82, 2.24) is 4.57 Å². The standard InChI is InChI=1S/C11H18N2/c1-13-8-7-11(9-13)12-10-5-3-2-4-6-10/h7-10,12H,2-6H2,1H3. The maximum Gasteiger partial charge on any atom is 0.0521 e. The van der Waals surface area contributed by atoms with E-state index < -0.39 is 0 Å². The molecule has 0 amide bonds. The molecule has 0 atom stereocenters. The average molecular weight is 178 g/mol. The van der Waals surface area contributed by atoms with Crippen LogP contribution in [0.15, 0.2) is 18.5 Å². The van der Waals surface area contributed by atoms with Crippen molar-refractivity contribution in [1.29, 1.82) is 0 Å². The quantitative estimate of drug-likeness (QED) is 0.737. The van der Waals surface area contributed by atoms with E-state index in [0.717, 1.165) is 6.04 Å². The van der Waals surface area contributed by atoms with Gasteiger partial charge in [0.2, 0.25) is 0 Å². The summed E-state index contributed by atoms with van der Waals surface area (Å²) in [6, 6.07) is 2.87. The summed E-state index contributed by atoms with van der Waals surface area (Å²) in [5.41, 5.74) is 1.27. The minimum absolute atomic E-state index is 0.719. The largest absolute Gasteiger partial charge is 0.381 e. The fourth-order valence-electron chi connectivity index (χ4n) is 2.07. The van der Waals surface area contributed by atoms with Gasteiger partial charge in [-0.25, -0.2) is 0 Å². The van der Waals surface area contributed by atoms with Crippen LogP contribution in [0, 0.1) is 0 Å². The summed E-state index contributed by atoms with van der Waals surface area (Å²) in [6.07, 6.45) is 11.1. The molecule has 1 N–H and O–H groups in total. The Balaban J connectivity index is 1.89. The molecule has 2 heteroatoms. The van der Waals surface area contributed by atoms with Crippen LogP contribution in [-0.4, -0.2) is 10.6 Å². The molecular weight excluding hydrogens is 160 g/mol. The Hall–Kier alpha value is -0.920. The van der Waals surface area contributed by atoms with E-state index in [-0.39, 0.29) is 0 Å². The van der Waals surface area contributed by atoms with E-state index in [1.165, 1.54) is 37.8 Å². The van der Waals surface area contributed by atoms with Gasteiger partial charge in [-0.3, -0.25) is 0 Å². The Labute approximate surface area is 79.9 Å². The highest BCUT2D eigenvalue weighted by Crippen LogP contribution is 2.21. The van der Waals surface area contributed by atoms with Crippen LogP contribution in [0.25, 0.3) is 0 Å². The van der Waals surface area contributed by atoms with Crippen LogP contribution in [0.5, 0.6) is 0 Å². The van der Waals surface area contributed by atoms with Gasteiger partial charge in [0, 0.05) is 25.5 Å². The van der Waals surface area contributed by atoms with E-state index in [1.807, 2.05) is 0 Å². The average Bonchev–Trinajstić information content (AvgIpc) is 2.53. The van der Waals surface area contributed by atoms with Crippen molar-refractivity contribution in [3.8, 4) is 0 Å². The Morgan fingerprint density at radius 3 is 2.69 bits per heavy atom. The Morgan fingerprint density at radius 1 is 1.31 bits per heavy atom. The predicted octanol–water partition coefficient (Wildman–Crippen LogP) is 2.77. The van der Waals surface area contributed by atoms with Crippen LogP contribution in [0.2, 0.25) is 0 Å². The first-order chi connectivity index (χ1) is 6.34. The van der Waals surface area contributed by atoms with Crippen molar-refractivity contribution in [2.75, 3.05) is 5.32 Å². The molecule has 1 saturated carbocycles. The second-order valence-electron chi connectivity index (χ2n) is 4.04. The molecule has 2 rings (SSSR count). The number of nitrogens with one attached hydrogen (secondary N) is 1. The molecule has 1 aliphatic carbocycles. The van der Waals surface area contributed by atoms with Crippen molar-refractivity contribution in [3.63, 3.8) is 0 Å². The molecule has 72 valence electrons. The van der Waals surface area contributed by atoms with E-state index >= 15 is 0 Å². The van der Waals surface area contributed by atoms with Gasteiger partial charge >= 0.3 is 0 Å². The smallest absolute Gasteiger partial charge is 0.0521 e. The summed E-state index contributed by atoms with van der Waals surface area (Å²) in [5.74, 6) is 0. The van der Waals surface area contributed by atoms with E-state index in [9.17, 15) is 0 Å². The van der Waals surface area contributed by atoms with Crippen molar-refractivity contribution in [2.45, 2.75) is 38.1 Å². The number of hydrogen-bond acceptors (Lipinski definition) is 1. The second-order valence-corrected chi connectivity index (χ2v) is 4.04. The van der Waals surface area contributed by atoms with Crippen molar-refractivity contribution < 1.29 is 0 Å². The third kappa shape index (κ3) is 2.27. The summed E-state index contributed by atoms with van der Waals surface area (Å²) in [7, 11) is 2.06. The van der Waals surface area contributed by atoms with E-state index in [1.54, 1.807) is 0 Å². The summed E-state index contributed by atoms with van der Waals surface area (Å²) < 4.78 is 2.09. The molecule has 0 radical (unpaired) electrons. The lowest BCUT2D eigenvalue weighted by molar-refractivity contribution is 0.463. The van der Waals surface area contributed by atoms with E-state index in [4.69, 9.17) is 0 Å². The highest BCUT2D eigenvalue weighted by molar-refractivity contribution is 5.42. The van der Waals surface area contributed by atoms with Gasteiger partial charge in [0.1, 0.15) is 0 Å².